The van der Waals surface area contributed by atoms with E-state index in [4.69, 9.17) is 10.2 Å². The zero-order chi connectivity index (χ0) is 7.49. The van der Waals surface area contributed by atoms with E-state index in [1.807, 2.05) is 0 Å². The maximum atomic E-state index is 10.3. The smallest absolute Gasteiger partial charge is 0.293 e. The van der Waals surface area contributed by atoms with Crippen molar-refractivity contribution in [3.63, 3.8) is 0 Å². The van der Waals surface area contributed by atoms with Gasteiger partial charge in [-0.3, -0.25) is 4.79 Å². The third-order valence-corrected chi connectivity index (χ3v) is 1.32. The molecule has 0 heterocycles. The lowest BCUT2D eigenvalue weighted by molar-refractivity contribution is -0.138. The summed E-state index contributed by atoms with van der Waals surface area (Å²) < 4.78 is 0. The van der Waals surface area contributed by atoms with Gasteiger partial charge in [0.2, 0.25) is 0 Å². The van der Waals surface area contributed by atoms with E-state index in [2.05, 4.69) is 0 Å². The van der Waals surface area contributed by atoms with Crippen LogP contribution in [-0.4, -0.2) is 38.5 Å². The van der Waals surface area contributed by atoms with Gasteiger partial charge in [-0.1, -0.05) is 0 Å². The molecule has 0 radical (unpaired) electrons. The van der Waals surface area contributed by atoms with Crippen molar-refractivity contribution in [1.82, 2.24) is 0 Å². The van der Waals surface area contributed by atoms with E-state index >= 15 is 0 Å². The number of carboxylic acid groups (broad SMARTS) is 1. The number of aliphatic hydroxyl groups is 1. The molecule has 2 N–H and O–H groups in total. The number of rotatable bonds is 3. The molecule has 0 rings (SSSR count). The summed E-state index contributed by atoms with van der Waals surface area (Å²) in [6, 6.07) is 0. The standard InChI is InChI=1S/C4H10B2O3/c5-4(6,1-2-7)3(8)9/h7H,1-2,5-6H2,(H,8,9). The number of carboxylic acids is 1. The summed E-state index contributed by atoms with van der Waals surface area (Å²) in [4.78, 5) is 10.3. The lowest BCUT2D eigenvalue weighted by Crippen LogP contribution is -2.25. The second-order valence-corrected chi connectivity index (χ2v) is 2.66. The molecule has 0 aromatic heterocycles. The van der Waals surface area contributed by atoms with Gasteiger partial charge in [0.1, 0.15) is 15.7 Å². The Kier molecular flexibility index (Phi) is 2.77. The molecule has 50 valence electrons. The minimum absolute atomic E-state index is 0.0701. The average molecular weight is 128 g/mol. The molecular weight excluding hydrogens is 118 g/mol. The molecule has 0 atom stereocenters. The summed E-state index contributed by atoms with van der Waals surface area (Å²) in [5, 5.41) is 16.1. The largest absolute Gasteiger partial charge is 0.482 e. The molecule has 0 saturated heterocycles. The maximum absolute atomic E-state index is 10.3. The molecule has 0 aliphatic carbocycles. The van der Waals surface area contributed by atoms with Gasteiger partial charge < -0.3 is 10.2 Å². The Balaban J connectivity index is 3.85. The first-order valence-corrected chi connectivity index (χ1v) is 2.85. The van der Waals surface area contributed by atoms with Crippen LogP contribution in [0, 0.1) is 0 Å². The fourth-order valence-electron chi connectivity index (χ4n) is 0.386. The molecule has 0 fully saturated rings. The van der Waals surface area contributed by atoms with Crippen molar-refractivity contribution in [3.05, 3.63) is 0 Å². The number of hydrogen-bond donors (Lipinski definition) is 2. The topological polar surface area (TPSA) is 57.5 Å². The van der Waals surface area contributed by atoms with E-state index in [9.17, 15) is 4.79 Å². The van der Waals surface area contributed by atoms with Gasteiger partial charge in [-0.05, 0) is 6.42 Å². The van der Waals surface area contributed by atoms with E-state index in [0.717, 1.165) is 0 Å². The van der Waals surface area contributed by atoms with Gasteiger partial charge in [0.15, 0.2) is 0 Å². The molecule has 5 heteroatoms. The quantitative estimate of drug-likeness (QED) is 0.425. The zero-order valence-corrected chi connectivity index (χ0v) is 5.72. The Morgan fingerprint density at radius 2 is 2.00 bits per heavy atom. The first kappa shape index (κ1) is 8.56. The van der Waals surface area contributed by atoms with Crippen LogP contribution in [0.5, 0.6) is 0 Å². The SMILES string of the molecule is BC(B)(CCO)C(=O)O. The first-order valence-electron chi connectivity index (χ1n) is 2.85. The predicted molar refractivity (Wildman–Crippen MR) is 39.1 cm³/mol. The highest BCUT2D eigenvalue weighted by atomic mass is 16.4. The Morgan fingerprint density at radius 1 is 1.56 bits per heavy atom. The van der Waals surface area contributed by atoms with Crippen LogP contribution in [0.3, 0.4) is 0 Å². The fourth-order valence-corrected chi connectivity index (χ4v) is 0.386. The monoisotopic (exact) mass is 128 g/mol. The van der Waals surface area contributed by atoms with Crippen LogP contribution in [0.2, 0.25) is 5.21 Å². The van der Waals surface area contributed by atoms with Crippen molar-refractivity contribution in [2.75, 3.05) is 6.61 Å². The number of aliphatic carboxylic acids is 1. The maximum Gasteiger partial charge on any atom is 0.293 e. The third kappa shape index (κ3) is 2.56. The molecule has 3 nitrogen and oxygen atoms in total. The number of aliphatic hydroxyl groups excluding tert-OH is 1. The molecule has 0 saturated carbocycles. The summed E-state index contributed by atoms with van der Waals surface area (Å²) in [7, 11) is 3.18. The first-order chi connectivity index (χ1) is 4.00. The summed E-state index contributed by atoms with van der Waals surface area (Å²) in [5.74, 6) is -0.864. The van der Waals surface area contributed by atoms with Crippen molar-refractivity contribution in [2.45, 2.75) is 11.6 Å². The van der Waals surface area contributed by atoms with Crippen molar-refractivity contribution in [1.29, 1.82) is 0 Å². The van der Waals surface area contributed by atoms with Crippen LogP contribution in [0.4, 0.5) is 0 Å². The minimum Gasteiger partial charge on any atom is -0.482 e. The zero-order valence-electron chi connectivity index (χ0n) is 5.72. The highest BCUT2D eigenvalue weighted by molar-refractivity contribution is 6.49. The Bertz CT molecular complexity index is 112. The second kappa shape index (κ2) is 2.92. The van der Waals surface area contributed by atoms with Crippen LogP contribution >= 0.6 is 0 Å². The van der Waals surface area contributed by atoms with E-state index < -0.39 is 11.2 Å². The normalized spacial score (nSPS) is 11.2. The van der Waals surface area contributed by atoms with Crippen LogP contribution in [0.15, 0.2) is 0 Å². The lowest BCUT2D eigenvalue weighted by atomic mass is 9.53. The van der Waals surface area contributed by atoms with Crippen LogP contribution < -0.4 is 0 Å². The summed E-state index contributed by atoms with van der Waals surface area (Å²) in [6.45, 7) is -0.0701. The lowest BCUT2D eigenvalue weighted by Gasteiger charge is -2.16. The van der Waals surface area contributed by atoms with Gasteiger partial charge in [0, 0.05) is 11.8 Å². The predicted octanol–water partition coefficient (Wildman–Crippen LogP) is -2.16. The van der Waals surface area contributed by atoms with Crippen LogP contribution in [-0.2, 0) is 4.79 Å². The molecule has 0 spiro atoms. The van der Waals surface area contributed by atoms with Crippen LogP contribution in [0.1, 0.15) is 6.42 Å². The highest BCUT2D eigenvalue weighted by Crippen LogP contribution is 2.19. The van der Waals surface area contributed by atoms with Gasteiger partial charge >= 0.3 is 0 Å². The summed E-state index contributed by atoms with van der Waals surface area (Å²) in [5.41, 5.74) is 0. The average Bonchev–Trinajstić information content (AvgIpc) is 1.65. The van der Waals surface area contributed by atoms with Gasteiger partial charge in [-0.2, -0.15) is 0 Å². The Hall–Kier alpha value is -0.440. The fraction of sp³-hybridized carbons (Fsp3) is 0.750. The van der Waals surface area contributed by atoms with Gasteiger partial charge in [-0.25, -0.2) is 0 Å². The molecule has 0 bridgehead atoms. The molecular formula is C4H10B2O3. The van der Waals surface area contributed by atoms with Gasteiger partial charge in [0.05, 0.1) is 0 Å². The number of hydrogen-bond acceptors (Lipinski definition) is 2. The van der Waals surface area contributed by atoms with Gasteiger partial charge in [-0.15, -0.1) is 0 Å². The molecule has 9 heavy (non-hydrogen) atoms. The second-order valence-electron chi connectivity index (χ2n) is 2.66. The third-order valence-electron chi connectivity index (χ3n) is 1.32. The molecule has 0 aromatic rings. The van der Waals surface area contributed by atoms with Crippen molar-refractivity contribution in [2.24, 2.45) is 0 Å². The number of carbonyl (C=O) groups is 1. The molecule has 0 amide bonds. The Morgan fingerprint density at radius 3 is 2.11 bits per heavy atom. The minimum atomic E-state index is -0.864. The Labute approximate surface area is 55.9 Å². The van der Waals surface area contributed by atoms with E-state index in [-0.39, 0.29) is 6.61 Å². The molecule has 0 aromatic carbocycles. The van der Waals surface area contributed by atoms with Crippen molar-refractivity contribution >= 4 is 21.7 Å². The van der Waals surface area contributed by atoms with Crippen molar-refractivity contribution < 1.29 is 15.0 Å². The summed E-state index contributed by atoms with van der Waals surface area (Å²) >= 11 is 0. The van der Waals surface area contributed by atoms with E-state index in [0.29, 0.717) is 6.42 Å². The van der Waals surface area contributed by atoms with Crippen molar-refractivity contribution in [3.8, 4) is 0 Å². The van der Waals surface area contributed by atoms with Gasteiger partial charge in [0.25, 0.3) is 5.97 Å². The molecule has 0 unspecified atom stereocenters. The van der Waals surface area contributed by atoms with E-state index in [1.54, 1.807) is 15.7 Å². The van der Waals surface area contributed by atoms with Crippen LogP contribution in [0.25, 0.3) is 0 Å². The molecule has 0 aliphatic rings. The summed E-state index contributed by atoms with van der Waals surface area (Å²) in [6.07, 6.45) is 0.308. The molecule has 0 aliphatic heterocycles. The highest BCUT2D eigenvalue weighted by Gasteiger charge is 2.25. The van der Waals surface area contributed by atoms with E-state index in [1.165, 1.54) is 0 Å².